The van der Waals surface area contributed by atoms with Crippen LogP contribution < -0.4 is 14.7 Å². The van der Waals surface area contributed by atoms with Crippen molar-refractivity contribution < 1.29 is 0 Å². The van der Waals surface area contributed by atoms with Gasteiger partial charge in [-0.25, -0.2) is 0 Å². The van der Waals surface area contributed by atoms with Crippen LogP contribution in [-0.2, 0) is 0 Å². The Balaban J connectivity index is 0.000000668. The van der Waals surface area contributed by atoms with Gasteiger partial charge in [0.15, 0.2) is 0 Å². The fourth-order valence-corrected chi connectivity index (χ4v) is 7.48. The second-order valence-electron chi connectivity index (χ2n) is 15.1. The molecule has 8 aromatic carbocycles. The largest absolute Gasteiger partial charge is 0.311 e. The molecule has 1 aliphatic rings. The molecule has 3 heteroatoms. The summed E-state index contributed by atoms with van der Waals surface area (Å²) in [5.74, 6) is 0. The van der Waals surface area contributed by atoms with Crippen LogP contribution in [0.2, 0.25) is 0 Å². The van der Waals surface area contributed by atoms with Crippen LogP contribution in [0.5, 0.6) is 0 Å². The summed E-state index contributed by atoms with van der Waals surface area (Å²) in [6.07, 6.45) is 13.3. The van der Waals surface area contributed by atoms with Crippen molar-refractivity contribution in [3.8, 4) is 0 Å². The van der Waals surface area contributed by atoms with Gasteiger partial charge in [0.1, 0.15) is 0 Å². The highest BCUT2D eigenvalue weighted by Gasteiger charge is 2.17. The highest BCUT2D eigenvalue weighted by molar-refractivity contribution is 5.81. The van der Waals surface area contributed by atoms with Crippen molar-refractivity contribution in [1.29, 1.82) is 0 Å². The van der Waals surface area contributed by atoms with E-state index in [0.717, 1.165) is 69.5 Å². The molecule has 0 amide bonds. The fourth-order valence-electron chi connectivity index (χ4n) is 7.48. The van der Waals surface area contributed by atoms with Crippen LogP contribution in [0.15, 0.2) is 242 Å². The summed E-state index contributed by atoms with van der Waals surface area (Å²) >= 11 is 0. The molecule has 3 nitrogen and oxygen atoms in total. The molecular weight excluding hydrogens is 739 g/mol. The van der Waals surface area contributed by atoms with Crippen LogP contribution in [0.1, 0.15) is 35.1 Å². The summed E-state index contributed by atoms with van der Waals surface area (Å²) in [5.41, 5.74) is 15.1. The van der Waals surface area contributed by atoms with Crippen LogP contribution in [0.4, 0.5) is 45.5 Å². The van der Waals surface area contributed by atoms with Crippen molar-refractivity contribution in [3.63, 3.8) is 0 Å². The van der Waals surface area contributed by atoms with Gasteiger partial charge in [-0.15, -0.1) is 0 Å². The van der Waals surface area contributed by atoms with Crippen LogP contribution in [-0.4, -0.2) is 0 Å². The van der Waals surface area contributed by atoms with Crippen molar-refractivity contribution in [2.75, 3.05) is 14.7 Å². The summed E-state index contributed by atoms with van der Waals surface area (Å²) < 4.78 is 0. The van der Waals surface area contributed by atoms with Crippen LogP contribution in [0, 0.1) is 13.8 Å². The number of nitrogens with zero attached hydrogens (tertiary/aromatic N) is 3. The van der Waals surface area contributed by atoms with Crippen LogP contribution in [0.25, 0.3) is 12.2 Å². The van der Waals surface area contributed by atoms with Crippen molar-refractivity contribution in [3.05, 3.63) is 265 Å². The molecule has 9 rings (SSSR count). The first kappa shape index (κ1) is 40.2. The molecule has 0 heterocycles. The van der Waals surface area contributed by atoms with Crippen molar-refractivity contribution in [1.82, 2.24) is 0 Å². The maximum absolute atomic E-state index is 2.34. The molecule has 0 saturated heterocycles. The van der Waals surface area contributed by atoms with Gasteiger partial charge >= 0.3 is 0 Å². The molecule has 61 heavy (non-hydrogen) atoms. The maximum atomic E-state index is 2.34. The van der Waals surface area contributed by atoms with Crippen molar-refractivity contribution in [2.24, 2.45) is 0 Å². The summed E-state index contributed by atoms with van der Waals surface area (Å²) in [5, 5.41) is 0. The Hall–Kier alpha value is -7.62. The highest BCUT2D eigenvalue weighted by atomic mass is 15.2. The summed E-state index contributed by atoms with van der Waals surface area (Å²) in [7, 11) is 0. The fraction of sp³-hybridized carbons (Fsp3) is 0.0690. The van der Waals surface area contributed by atoms with Gasteiger partial charge in [-0.1, -0.05) is 157 Å². The number of rotatable bonds is 11. The van der Waals surface area contributed by atoms with Gasteiger partial charge in [-0.2, -0.15) is 0 Å². The Bertz CT molecular complexity index is 2650. The quantitative estimate of drug-likeness (QED) is 0.121. The second kappa shape index (κ2) is 19.9. The Morgan fingerprint density at radius 2 is 0.623 bits per heavy atom. The lowest BCUT2D eigenvalue weighted by Gasteiger charge is -2.29. The van der Waals surface area contributed by atoms with Crippen molar-refractivity contribution in [2.45, 2.75) is 26.7 Å². The predicted molar refractivity (Wildman–Crippen MR) is 262 cm³/mol. The van der Waals surface area contributed by atoms with Gasteiger partial charge in [0.25, 0.3) is 0 Å². The van der Waals surface area contributed by atoms with Gasteiger partial charge in [-0.3, -0.25) is 0 Å². The molecule has 0 aliphatic heterocycles. The smallest absolute Gasteiger partial charge is 0.0463 e. The van der Waals surface area contributed by atoms with Gasteiger partial charge in [0, 0.05) is 51.2 Å². The summed E-state index contributed by atoms with van der Waals surface area (Å²) in [6, 6.07) is 77.1. The molecule has 0 saturated carbocycles. The first-order chi connectivity index (χ1) is 30.1. The van der Waals surface area contributed by atoms with Gasteiger partial charge < -0.3 is 14.7 Å². The third-order valence-electron chi connectivity index (χ3n) is 10.6. The first-order valence-corrected chi connectivity index (χ1v) is 21.1. The Morgan fingerprint density at radius 1 is 0.311 bits per heavy atom. The van der Waals surface area contributed by atoms with Crippen molar-refractivity contribution >= 4 is 57.7 Å². The number of benzene rings is 8. The van der Waals surface area contributed by atoms with E-state index in [0.29, 0.717) is 0 Å². The predicted octanol–water partition coefficient (Wildman–Crippen LogP) is 16.5. The zero-order valence-electron chi connectivity index (χ0n) is 34.9. The number of para-hydroxylation sites is 3. The number of anilines is 8. The van der Waals surface area contributed by atoms with E-state index in [1.165, 1.54) is 16.8 Å². The molecule has 0 radical (unpaired) electrons. The second-order valence-corrected chi connectivity index (χ2v) is 15.1. The minimum Gasteiger partial charge on any atom is -0.311 e. The minimum atomic E-state index is 1.05. The number of aryl methyl sites for hydroxylation is 2. The zero-order chi connectivity index (χ0) is 41.6. The van der Waals surface area contributed by atoms with Crippen LogP contribution >= 0.6 is 0 Å². The third-order valence-corrected chi connectivity index (χ3v) is 10.6. The SMILES string of the molecule is Cc1ccc(N(c2ccccc2)c2ccc(/C=C/c3ccc(N(c4ccccc4)c4ccc(N(C5=CCCC=C5)c5ccccc5)cc4)cc3)cc2)cc1.Cc1ccccc1. The van der Waals surface area contributed by atoms with E-state index in [4.69, 9.17) is 0 Å². The highest BCUT2D eigenvalue weighted by Crippen LogP contribution is 2.39. The molecule has 0 bridgehead atoms. The molecule has 8 aromatic rings. The lowest BCUT2D eigenvalue weighted by atomic mass is 10.1. The normalized spacial score (nSPS) is 11.9. The Kier molecular flexibility index (Phi) is 13.1. The zero-order valence-corrected chi connectivity index (χ0v) is 34.9. The molecule has 0 aromatic heterocycles. The first-order valence-electron chi connectivity index (χ1n) is 21.1. The molecule has 0 spiro atoms. The lowest BCUT2D eigenvalue weighted by molar-refractivity contribution is 0.997. The van der Waals surface area contributed by atoms with E-state index in [1.54, 1.807) is 0 Å². The monoisotopic (exact) mass is 789 g/mol. The molecular formula is C58H51N3. The van der Waals surface area contributed by atoms with E-state index in [-0.39, 0.29) is 0 Å². The molecule has 0 unspecified atom stereocenters. The van der Waals surface area contributed by atoms with E-state index in [2.05, 4.69) is 259 Å². The maximum Gasteiger partial charge on any atom is 0.0463 e. The van der Waals surface area contributed by atoms with Gasteiger partial charge in [-0.05, 0) is 141 Å². The summed E-state index contributed by atoms with van der Waals surface area (Å²) in [6.45, 7) is 4.21. The topological polar surface area (TPSA) is 9.72 Å². The van der Waals surface area contributed by atoms with Crippen LogP contribution in [0.3, 0.4) is 0 Å². The number of hydrogen-bond donors (Lipinski definition) is 0. The van der Waals surface area contributed by atoms with Gasteiger partial charge in [0.05, 0.1) is 0 Å². The molecule has 0 atom stereocenters. The average Bonchev–Trinajstić information content (AvgIpc) is 3.32. The average molecular weight is 790 g/mol. The number of hydrogen-bond acceptors (Lipinski definition) is 3. The lowest BCUT2D eigenvalue weighted by Crippen LogP contribution is -2.16. The Labute approximate surface area is 362 Å². The summed E-state index contributed by atoms with van der Waals surface area (Å²) in [4.78, 5) is 6.95. The van der Waals surface area contributed by atoms with E-state index >= 15 is 0 Å². The molecule has 298 valence electrons. The third kappa shape index (κ3) is 10.3. The molecule has 0 N–H and O–H groups in total. The Morgan fingerprint density at radius 3 is 0.984 bits per heavy atom. The van der Waals surface area contributed by atoms with Gasteiger partial charge in [0.2, 0.25) is 0 Å². The number of allylic oxidation sites excluding steroid dienone is 3. The van der Waals surface area contributed by atoms with E-state index in [1.807, 2.05) is 18.2 Å². The molecule has 1 aliphatic carbocycles. The standard InChI is InChI=1S/C51H43N3.C7H8/c1-40-22-30-47(31-23-40)53(45-18-10-4-11-19-45)48-32-26-41(27-33-48)24-25-42-28-34-49(35-29-42)54(46-20-12-5-13-21-46)51-38-36-50(37-39-51)52(43-14-6-2-7-15-43)44-16-8-3-9-17-44;1-7-5-3-2-4-6-7/h2,4-8,10-39H,3,9H2,1H3;2-6H,1H3/b25-24+;. The van der Waals surface area contributed by atoms with E-state index in [9.17, 15) is 0 Å². The molecule has 0 fully saturated rings. The van der Waals surface area contributed by atoms with E-state index < -0.39 is 0 Å². The minimum absolute atomic E-state index is 1.05.